The predicted octanol–water partition coefficient (Wildman–Crippen LogP) is 3.24. The smallest absolute Gasteiger partial charge is 0.319 e. The van der Waals surface area contributed by atoms with Gasteiger partial charge in [-0.2, -0.15) is 0 Å². The van der Waals surface area contributed by atoms with Crippen LogP contribution < -0.4 is 10.6 Å². The van der Waals surface area contributed by atoms with Crippen LogP contribution in [0.4, 0.5) is 10.5 Å². The molecule has 1 aliphatic rings. The quantitative estimate of drug-likeness (QED) is 0.689. The van der Waals surface area contributed by atoms with E-state index in [0.717, 1.165) is 49.3 Å². The molecular formula is C19H26N4O2. The van der Waals surface area contributed by atoms with Gasteiger partial charge in [0.25, 0.3) is 0 Å². The van der Waals surface area contributed by atoms with Gasteiger partial charge >= 0.3 is 6.03 Å². The Bertz CT molecular complexity index is 722. The first-order valence-corrected chi connectivity index (χ1v) is 8.93. The number of rotatable bonds is 8. The summed E-state index contributed by atoms with van der Waals surface area (Å²) in [6.07, 6.45) is 7.98. The van der Waals surface area contributed by atoms with E-state index in [1.54, 1.807) is 0 Å². The second kappa shape index (κ2) is 7.70. The van der Waals surface area contributed by atoms with E-state index in [9.17, 15) is 9.90 Å². The van der Waals surface area contributed by atoms with Gasteiger partial charge in [0, 0.05) is 42.1 Å². The lowest BCUT2D eigenvalue weighted by Crippen LogP contribution is -2.35. The van der Waals surface area contributed by atoms with Gasteiger partial charge in [-0.15, -0.1) is 0 Å². The van der Waals surface area contributed by atoms with Crippen molar-refractivity contribution in [1.82, 2.24) is 14.9 Å². The first-order chi connectivity index (χ1) is 12.2. The van der Waals surface area contributed by atoms with Gasteiger partial charge in [0.15, 0.2) is 0 Å². The van der Waals surface area contributed by atoms with Gasteiger partial charge < -0.3 is 20.3 Å². The molecule has 0 aliphatic heterocycles. The molecule has 0 atom stereocenters. The zero-order valence-corrected chi connectivity index (χ0v) is 14.7. The minimum Gasteiger partial charge on any atom is -0.396 e. The lowest BCUT2D eigenvalue weighted by atomic mass is 10.1. The summed E-state index contributed by atoms with van der Waals surface area (Å²) in [6, 6.07) is 7.47. The number of aromatic nitrogens is 2. The molecule has 3 N–H and O–H groups in total. The molecule has 0 bridgehead atoms. The normalized spacial score (nSPS) is 15.0. The van der Waals surface area contributed by atoms with Crippen LogP contribution >= 0.6 is 0 Å². The summed E-state index contributed by atoms with van der Waals surface area (Å²) in [5, 5.41) is 15.0. The number of aliphatic hydroxyl groups excluding tert-OH is 1. The monoisotopic (exact) mass is 342 g/mol. The lowest BCUT2D eigenvalue weighted by molar-refractivity contribution is 0.206. The van der Waals surface area contributed by atoms with Crippen molar-refractivity contribution in [2.75, 3.05) is 18.5 Å². The number of anilines is 1. The van der Waals surface area contributed by atoms with E-state index in [1.165, 1.54) is 0 Å². The molecule has 25 heavy (non-hydrogen) atoms. The Labute approximate surface area is 148 Å². The first-order valence-electron chi connectivity index (χ1n) is 8.93. The molecule has 134 valence electrons. The van der Waals surface area contributed by atoms with E-state index in [1.807, 2.05) is 36.7 Å². The first kappa shape index (κ1) is 17.5. The Morgan fingerprint density at radius 1 is 1.40 bits per heavy atom. The number of imidazole rings is 1. The van der Waals surface area contributed by atoms with Gasteiger partial charge in [-0.05, 0) is 31.4 Å². The standard InChI is InChI=1S/C19H26N4O2/c1-2-3-10-23-11-9-20-17(23)15-5-4-6-16(12-15)22-18(25)21-13-19(14-24)7-8-19/h4-6,9,11-12,24H,2-3,7-8,10,13-14H2,1H3,(H2,21,22,25). The summed E-state index contributed by atoms with van der Waals surface area (Å²) in [4.78, 5) is 16.5. The average Bonchev–Trinajstić information content (AvgIpc) is 3.26. The van der Waals surface area contributed by atoms with Crippen molar-refractivity contribution in [3.05, 3.63) is 36.7 Å². The maximum Gasteiger partial charge on any atom is 0.319 e. The predicted molar refractivity (Wildman–Crippen MR) is 98.3 cm³/mol. The maximum atomic E-state index is 12.1. The third kappa shape index (κ3) is 4.39. The van der Waals surface area contributed by atoms with Crippen molar-refractivity contribution >= 4 is 11.7 Å². The molecule has 0 unspecified atom stereocenters. The number of amides is 2. The summed E-state index contributed by atoms with van der Waals surface area (Å²) in [5.41, 5.74) is 1.62. The maximum absolute atomic E-state index is 12.1. The fraction of sp³-hybridized carbons (Fsp3) is 0.474. The Kier molecular flexibility index (Phi) is 5.38. The molecule has 1 aliphatic carbocycles. The number of hydrogen-bond donors (Lipinski definition) is 3. The molecule has 1 aromatic carbocycles. The van der Waals surface area contributed by atoms with Crippen LogP contribution in [0.2, 0.25) is 0 Å². The molecular weight excluding hydrogens is 316 g/mol. The number of nitrogens with zero attached hydrogens (tertiary/aromatic N) is 2. The summed E-state index contributed by atoms with van der Waals surface area (Å²) >= 11 is 0. The second-order valence-corrected chi connectivity index (χ2v) is 6.84. The summed E-state index contributed by atoms with van der Waals surface area (Å²) in [5.74, 6) is 0.912. The van der Waals surface area contributed by atoms with E-state index in [4.69, 9.17) is 0 Å². The highest BCUT2D eigenvalue weighted by atomic mass is 16.3. The van der Waals surface area contributed by atoms with Crippen LogP contribution in [0.25, 0.3) is 11.4 Å². The van der Waals surface area contributed by atoms with E-state index in [0.29, 0.717) is 6.54 Å². The van der Waals surface area contributed by atoms with Crippen LogP contribution in [-0.2, 0) is 6.54 Å². The van der Waals surface area contributed by atoms with Crippen LogP contribution in [0.3, 0.4) is 0 Å². The number of aryl methyl sites for hydroxylation is 1. The summed E-state index contributed by atoms with van der Waals surface area (Å²) in [7, 11) is 0. The SMILES string of the molecule is CCCCn1ccnc1-c1cccc(NC(=O)NCC2(CO)CC2)c1. The van der Waals surface area contributed by atoms with Crippen LogP contribution in [0.1, 0.15) is 32.6 Å². The van der Waals surface area contributed by atoms with Gasteiger partial charge in [0.05, 0.1) is 6.61 Å². The van der Waals surface area contributed by atoms with Gasteiger partial charge in [-0.1, -0.05) is 25.5 Å². The van der Waals surface area contributed by atoms with E-state index >= 15 is 0 Å². The van der Waals surface area contributed by atoms with Gasteiger partial charge in [0.2, 0.25) is 0 Å². The minimum atomic E-state index is -0.244. The fourth-order valence-corrected chi connectivity index (χ4v) is 2.83. The number of carbonyl (C=O) groups excluding carboxylic acids is 1. The molecule has 2 aromatic rings. The summed E-state index contributed by atoms with van der Waals surface area (Å²) < 4.78 is 2.14. The Morgan fingerprint density at radius 3 is 2.96 bits per heavy atom. The number of carbonyl (C=O) groups is 1. The highest BCUT2D eigenvalue weighted by molar-refractivity contribution is 5.90. The highest BCUT2D eigenvalue weighted by Gasteiger charge is 2.42. The third-order valence-electron chi connectivity index (χ3n) is 4.76. The van der Waals surface area contributed by atoms with Crippen molar-refractivity contribution in [1.29, 1.82) is 0 Å². The number of urea groups is 1. The Morgan fingerprint density at radius 2 is 2.24 bits per heavy atom. The van der Waals surface area contributed by atoms with E-state index in [2.05, 4.69) is 27.1 Å². The third-order valence-corrected chi connectivity index (χ3v) is 4.76. The lowest BCUT2D eigenvalue weighted by Gasteiger charge is -2.14. The largest absolute Gasteiger partial charge is 0.396 e. The number of nitrogens with one attached hydrogen (secondary N) is 2. The van der Waals surface area contributed by atoms with Crippen molar-refractivity contribution in [2.24, 2.45) is 5.41 Å². The molecule has 1 saturated carbocycles. The van der Waals surface area contributed by atoms with Crippen LogP contribution in [0.15, 0.2) is 36.7 Å². The molecule has 2 amide bonds. The van der Waals surface area contributed by atoms with Crippen molar-refractivity contribution < 1.29 is 9.90 Å². The van der Waals surface area contributed by atoms with E-state index < -0.39 is 0 Å². The molecule has 1 fully saturated rings. The molecule has 6 nitrogen and oxygen atoms in total. The fourth-order valence-electron chi connectivity index (χ4n) is 2.83. The number of benzene rings is 1. The average molecular weight is 342 g/mol. The van der Waals surface area contributed by atoms with Crippen LogP contribution in [0, 0.1) is 5.41 Å². The molecule has 0 radical (unpaired) electrons. The Hall–Kier alpha value is -2.34. The van der Waals surface area contributed by atoms with Gasteiger partial charge in [-0.25, -0.2) is 9.78 Å². The summed E-state index contributed by atoms with van der Waals surface area (Å²) in [6.45, 7) is 3.75. The van der Waals surface area contributed by atoms with Crippen molar-refractivity contribution in [2.45, 2.75) is 39.2 Å². The molecule has 0 saturated heterocycles. The molecule has 1 heterocycles. The van der Waals surface area contributed by atoms with Gasteiger partial charge in [-0.3, -0.25) is 0 Å². The van der Waals surface area contributed by atoms with Crippen molar-refractivity contribution in [3.63, 3.8) is 0 Å². The number of aliphatic hydroxyl groups is 1. The van der Waals surface area contributed by atoms with Crippen LogP contribution in [0.5, 0.6) is 0 Å². The Balaban J connectivity index is 1.63. The van der Waals surface area contributed by atoms with Gasteiger partial charge in [0.1, 0.15) is 5.82 Å². The topological polar surface area (TPSA) is 79.2 Å². The second-order valence-electron chi connectivity index (χ2n) is 6.84. The number of unbranched alkanes of at least 4 members (excludes halogenated alkanes) is 1. The zero-order valence-electron chi connectivity index (χ0n) is 14.7. The minimum absolute atomic E-state index is 0.0940. The number of hydrogen-bond acceptors (Lipinski definition) is 3. The highest BCUT2D eigenvalue weighted by Crippen LogP contribution is 2.44. The molecule has 1 aromatic heterocycles. The van der Waals surface area contributed by atoms with Crippen LogP contribution in [-0.4, -0.2) is 33.8 Å². The van der Waals surface area contributed by atoms with E-state index in [-0.39, 0.29) is 18.1 Å². The molecule has 6 heteroatoms. The molecule has 0 spiro atoms. The van der Waals surface area contributed by atoms with Crippen molar-refractivity contribution in [3.8, 4) is 11.4 Å². The zero-order chi connectivity index (χ0) is 17.7. The molecule has 3 rings (SSSR count).